The molecular weight excluding hydrogens is 246 g/mol. The van der Waals surface area contributed by atoms with E-state index in [2.05, 4.69) is 0 Å². The molecule has 2 rings (SSSR count). The Labute approximate surface area is 113 Å². The summed E-state index contributed by atoms with van der Waals surface area (Å²) in [4.78, 5) is 25.1. The third-order valence-corrected chi connectivity index (χ3v) is 4.02. The van der Waals surface area contributed by atoms with Gasteiger partial charge >= 0.3 is 12.1 Å². The Bertz CT molecular complexity index is 374. The molecule has 0 aromatic carbocycles. The smallest absolute Gasteiger partial charge is 0.411 e. The maximum Gasteiger partial charge on any atom is 0.411 e. The number of amides is 1. The number of carboxylic acid groups (broad SMARTS) is 1. The van der Waals surface area contributed by atoms with Crippen LogP contribution in [0.5, 0.6) is 0 Å². The molecule has 1 heterocycles. The second-order valence-corrected chi connectivity index (χ2v) is 6.62. The molecule has 1 aliphatic carbocycles. The van der Waals surface area contributed by atoms with Crippen LogP contribution in [0.3, 0.4) is 0 Å². The van der Waals surface area contributed by atoms with Crippen molar-refractivity contribution >= 4 is 12.1 Å². The first-order valence-corrected chi connectivity index (χ1v) is 7.02. The third kappa shape index (κ3) is 3.01. The molecule has 2 fully saturated rings. The molecule has 2 unspecified atom stereocenters. The Balaban J connectivity index is 2.14. The second-order valence-electron chi connectivity index (χ2n) is 6.62. The van der Waals surface area contributed by atoms with Crippen LogP contribution in [0.1, 0.15) is 46.5 Å². The van der Waals surface area contributed by atoms with Gasteiger partial charge < -0.3 is 9.84 Å². The summed E-state index contributed by atoms with van der Waals surface area (Å²) in [7, 11) is 0. The quantitative estimate of drug-likeness (QED) is 0.794. The number of fused-ring (bicyclic) bond motifs is 1. The van der Waals surface area contributed by atoms with E-state index in [1.165, 1.54) is 4.90 Å². The Kier molecular flexibility index (Phi) is 3.74. The van der Waals surface area contributed by atoms with E-state index in [0.29, 0.717) is 12.5 Å². The van der Waals surface area contributed by atoms with Crippen LogP contribution in [0, 0.1) is 11.8 Å². The summed E-state index contributed by atoms with van der Waals surface area (Å²) < 4.78 is 5.33. The second kappa shape index (κ2) is 5.02. The van der Waals surface area contributed by atoms with Gasteiger partial charge in [0, 0.05) is 6.54 Å². The van der Waals surface area contributed by atoms with Crippen molar-refractivity contribution in [3.8, 4) is 0 Å². The number of carbonyl (C=O) groups excluding carboxylic acids is 1. The third-order valence-electron chi connectivity index (χ3n) is 4.02. The Hall–Kier alpha value is -1.26. The minimum absolute atomic E-state index is 0.0961. The molecule has 1 N–H and O–H groups in total. The molecule has 19 heavy (non-hydrogen) atoms. The van der Waals surface area contributed by atoms with Crippen LogP contribution < -0.4 is 0 Å². The Morgan fingerprint density at radius 2 is 1.84 bits per heavy atom. The van der Waals surface area contributed by atoms with Gasteiger partial charge in [-0.05, 0) is 45.4 Å². The molecular formula is C14H23NO4. The Morgan fingerprint density at radius 1 is 1.21 bits per heavy atom. The fourth-order valence-electron chi connectivity index (χ4n) is 3.30. The molecule has 1 amide bonds. The number of nitrogens with zero attached hydrogens (tertiary/aromatic N) is 1. The van der Waals surface area contributed by atoms with Gasteiger partial charge in [0.2, 0.25) is 0 Å². The molecule has 0 bridgehead atoms. The Morgan fingerprint density at radius 3 is 2.42 bits per heavy atom. The molecule has 108 valence electrons. The SMILES string of the molecule is CC(C)(C)OC(=O)N1CC2CCCCC2[C@H]1C(=O)O. The summed E-state index contributed by atoms with van der Waals surface area (Å²) in [6.45, 7) is 5.91. The van der Waals surface area contributed by atoms with Crippen LogP contribution in [-0.2, 0) is 9.53 Å². The predicted octanol–water partition coefficient (Wildman–Crippen LogP) is 2.50. The number of rotatable bonds is 1. The van der Waals surface area contributed by atoms with Crippen LogP contribution >= 0.6 is 0 Å². The monoisotopic (exact) mass is 269 g/mol. The normalized spacial score (nSPS) is 30.9. The summed E-state index contributed by atoms with van der Waals surface area (Å²) in [6.07, 6.45) is 3.63. The summed E-state index contributed by atoms with van der Waals surface area (Å²) in [5.74, 6) is -0.485. The van der Waals surface area contributed by atoms with E-state index >= 15 is 0 Å². The molecule has 3 atom stereocenters. The number of ether oxygens (including phenoxy) is 1. The molecule has 2 aliphatic rings. The van der Waals surface area contributed by atoms with Gasteiger partial charge in [0.15, 0.2) is 0 Å². The molecule has 0 spiro atoms. The van der Waals surface area contributed by atoms with E-state index in [9.17, 15) is 14.7 Å². The number of likely N-dealkylation sites (tertiary alicyclic amines) is 1. The predicted molar refractivity (Wildman–Crippen MR) is 69.8 cm³/mol. The van der Waals surface area contributed by atoms with Gasteiger partial charge in [-0.1, -0.05) is 12.8 Å². The van der Waals surface area contributed by atoms with E-state index in [-0.39, 0.29) is 5.92 Å². The van der Waals surface area contributed by atoms with Crippen molar-refractivity contribution in [3.63, 3.8) is 0 Å². The molecule has 5 heteroatoms. The first-order chi connectivity index (χ1) is 8.79. The zero-order valence-electron chi connectivity index (χ0n) is 11.9. The molecule has 5 nitrogen and oxygen atoms in total. The van der Waals surface area contributed by atoms with Gasteiger partial charge in [-0.15, -0.1) is 0 Å². The molecule has 0 radical (unpaired) electrons. The minimum Gasteiger partial charge on any atom is -0.480 e. The lowest BCUT2D eigenvalue weighted by Gasteiger charge is -2.29. The van der Waals surface area contributed by atoms with Gasteiger partial charge in [-0.2, -0.15) is 0 Å². The number of aliphatic carboxylic acids is 1. The lowest BCUT2D eigenvalue weighted by molar-refractivity contribution is -0.143. The first kappa shape index (κ1) is 14.2. The molecule has 0 aromatic rings. The summed E-state index contributed by atoms with van der Waals surface area (Å²) in [5.41, 5.74) is -0.589. The van der Waals surface area contributed by atoms with E-state index in [1.807, 2.05) is 0 Å². The van der Waals surface area contributed by atoms with Gasteiger partial charge in [-0.25, -0.2) is 9.59 Å². The van der Waals surface area contributed by atoms with E-state index in [4.69, 9.17) is 4.74 Å². The molecule has 0 aromatic heterocycles. The molecule has 1 aliphatic heterocycles. The highest BCUT2D eigenvalue weighted by atomic mass is 16.6. The van der Waals surface area contributed by atoms with E-state index in [0.717, 1.165) is 25.7 Å². The summed E-state index contributed by atoms with van der Waals surface area (Å²) in [5, 5.41) is 9.42. The fourth-order valence-corrected chi connectivity index (χ4v) is 3.30. The highest BCUT2D eigenvalue weighted by Gasteiger charge is 2.49. The van der Waals surface area contributed by atoms with Gasteiger partial charge in [0.1, 0.15) is 11.6 Å². The zero-order chi connectivity index (χ0) is 14.2. The lowest BCUT2D eigenvalue weighted by atomic mass is 9.78. The van der Waals surface area contributed by atoms with Crippen molar-refractivity contribution in [2.75, 3.05) is 6.54 Å². The maximum absolute atomic E-state index is 12.2. The first-order valence-electron chi connectivity index (χ1n) is 7.02. The topological polar surface area (TPSA) is 66.8 Å². The fraction of sp³-hybridized carbons (Fsp3) is 0.857. The van der Waals surface area contributed by atoms with Crippen molar-refractivity contribution in [3.05, 3.63) is 0 Å². The van der Waals surface area contributed by atoms with Crippen LogP contribution in [0.2, 0.25) is 0 Å². The van der Waals surface area contributed by atoms with Crippen LogP contribution in [0.15, 0.2) is 0 Å². The van der Waals surface area contributed by atoms with Gasteiger partial charge in [-0.3, -0.25) is 4.90 Å². The molecule has 1 saturated heterocycles. The molecule has 1 saturated carbocycles. The number of carbonyl (C=O) groups is 2. The summed E-state index contributed by atoms with van der Waals surface area (Å²) in [6, 6.07) is -0.708. The number of carboxylic acids is 1. The van der Waals surface area contributed by atoms with Gasteiger partial charge in [0.05, 0.1) is 0 Å². The maximum atomic E-state index is 12.2. The highest BCUT2D eigenvalue weighted by Crippen LogP contribution is 2.41. The lowest BCUT2D eigenvalue weighted by Crippen LogP contribution is -2.45. The van der Waals surface area contributed by atoms with Crippen LogP contribution in [0.25, 0.3) is 0 Å². The van der Waals surface area contributed by atoms with Crippen molar-refractivity contribution < 1.29 is 19.4 Å². The van der Waals surface area contributed by atoms with Crippen LogP contribution in [0.4, 0.5) is 4.79 Å². The van der Waals surface area contributed by atoms with Crippen molar-refractivity contribution in [1.29, 1.82) is 0 Å². The van der Waals surface area contributed by atoms with Crippen molar-refractivity contribution in [1.82, 2.24) is 4.90 Å². The van der Waals surface area contributed by atoms with Crippen molar-refractivity contribution in [2.24, 2.45) is 11.8 Å². The number of hydrogen-bond donors (Lipinski definition) is 1. The average Bonchev–Trinajstić information content (AvgIpc) is 2.65. The van der Waals surface area contributed by atoms with E-state index < -0.39 is 23.7 Å². The highest BCUT2D eigenvalue weighted by molar-refractivity contribution is 5.81. The zero-order valence-corrected chi connectivity index (χ0v) is 11.9. The minimum atomic E-state index is -0.903. The van der Waals surface area contributed by atoms with Gasteiger partial charge in [0.25, 0.3) is 0 Å². The largest absolute Gasteiger partial charge is 0.480 e. The van der Waals surface area contributed by atoms with Crippen LogP contribution in [-0.4, -0.2) is 40.3 Å². The number of hydrogen-bond acceptors (Lipinski definition) is 3. The van der Waals surface area contributed by atoms with Crippen molar-refractivity contribution in [2.45, 2.75) is 58.1 Å². The average molecular weight is 269 g/mol. The van der Waals surface area contributed by atoms with E-state index in [1.54, 1.807) is 20.8 Å². The summed E-state index contributed by atoms with van der Waals surface area (Å²) >= 11 is 0. The standard InChI is InChI=1S/C14H23NO4/c1-14(2,3)19-13(18)15-8-9-6-4-5-7-10(9)11(15)12(16)17/h9-11H,4-8H2,1-3H3,(H,16,17)/t9?,10?,11-/m0/s1.